The quantitative estimate of drug-likeness (QED) is 0.791. The molecule has 6 nitrogen and oxygen atoms in total. The van der Waals surface area contributed by atoms with Crippen molar-refractivity contribution >= 4 is 0 Å². The van der Waals surface area contributed by atoms with Crippen molar-refractivity contribution < 1.29 is 14.2 Å². The van der Waals surface area contributed by atoms with Gasteiger partial charge in [0.25, 0.3) is 0 Å². The highest BCUT2D eigenvalue weighted by Crippen LogP contribution is 2.35. The van der Waals surface area contributed by atoms with Gasteiger partial charge in [0.2, 0.25) is 0 Å². The van der Waals surface area contributed by atoms with E-state index in [-0.39, 0.29) is 0 Å². The molecule has 0 unspecified atom stereocenters. The van der Waals surface area contributed by atoms with Crippen LogP contribution in [0.2, 0.25) is 0 Å². The highest BCUT2D eigenvalue weighted by molar-refractivity contribution is 5.50. The maximum absolute atomic E-state index is 5.57. The van der Waals surface area contributed by atoms with E-state index in [9.17, 15) is 0 Å². The van der Waals surface area contributed by atoms with E-state index >= 15 is 0 Å². The molecule has 140 valence electrons. The SMILES string of the molecule is COc1cc(OC)c(CN2CCc3nc(C(C)C)ncc3C2)c(OC)c1. The highest BCUT2D eigenvalue weighted by atomic mass is 16.5. The molecule has 2 heterocycles. The second kappa shape index (κ2) is 7.91. The van der Waals surface area contributed by atoms with E-state index in [4.69, 9.17) is 19.2 Å². The number of hydrogen-bond donors (Lipinski definition) is 0. The number of hydrogen-bond acceptors (Lipinski definition) is 6. The first-order chi connectivity index (χ1) is 12.5. The predicted molar refractivity (Wildman–Crippen MR) is 100 cm³/mol. The van der Waals surface area contributed by atoms with Crippen LogP contribution in [0.1, 0.15) is 42.4 Å². The fourth-order valence-electron chi connectivity index (χ4n) is 3.26. The van der Waals surface area contributed by atoms with E-state index in [1.165, 1.54) is 11.3 Å². The molecule has 1 aromatic carbocycles. The van der Waals surface area contributed by atoms with Crippen molar-refractivity contribution in [3.63, 3.8) is 0 Å². The van der Waals surface area contributed by atoms with Crippen LogP contribution < -0.4 is 14.2 Å². The summed E-state index contributed by atoms with van der Waals surface area (Å²) >= 11 is 0. The Hall–Kier alpha value is -2.34. The number of ether oxygens (including phenoxy) is 3. The third-order valence-corrected chi connectivity index (χ3v) is 4.75. The van der Waals surface area contributed by atoms with Crippen LogP contribution in [0.25, 0.3) is 0 Å². The Kier molecular flexibility index (Phi) is 5.61. The molecule has 0 amide bonds. The van der Waals surface area contributed by atoms with Gasteiger partial charge in [0.15, 0.2) is 0 Å². The molecule has 2 aromatic rings. The molecule has 0 aliphatic carbocycles. The lowest BCUT2D eigenvalue weighted by Crippen LogP contribution is -2.31. The topological polar surface area (TPSA) is 56.7 Å². The zero-order valence-corrected chi connectivity index (χ0v) is 16.2. The third-order valence-electron chi connectivity index (χ3n) is 4.75. The van der Waals surface area contributed by atoms with Gasteiger partial charge in [-0.25, -0.2) is 9.97 Å². The number of fused-ring (bicyclic) bond motifs is 1. The van der Waals surface area contributed by atoms with Crippen LogP contribution >= 0.6 is 0 Å². The number of benzene rings is 1. The largest absolute Gasteiger partial charge is 0.496 e. The van der Waals surface area contributed by atoms with E-state index in [0.29, 0.717) is 5.92 Å². The van der Waals surface area contributed by atoms with Gasteiger partial charge in [0.05, 0.1) is 26.9 Å². The van der Waals surface area contributed by atoms with Crippen LogP contribution in [0, 0.1) is 0 Å². The van der Waals surface area contributed by atoms with Crippen molar-refractivity contribution in [1.29, 1.82) is 0 Å². The molecule has 1 aromatic heterocycles. The van der Waals surface area contributed by atoms with Crippen LogP contribution in [-0.2, 0) is 19.5 Å². The van der Waals surface area contributed by atoms with Crippen molar-refractivity contribution in [3.8, 4) is 17.2 Å². The van der Waals surface area contributed by atoms with Crippen LogP contribution in [0.5, 0.6) is 17.2 Å². The fraction of sp³-hybridized carbons (Fsp3) is 0.500. The zero-order valence-electron chi connectivity index (χ0n) is 16.2. The Morgan fingerprint density at radius 2 is 1.77 bits per heavy atom. The molecule has 26 heavy (non-hydrogen) atoms. The van der Waals surface area contributed by atoms with E-state index in [0.717, 1.165) is 54.7 Å². The molecule has 6 heteroatoms. The molecule has 1 aliphatic heterocycles. The van der Waals surface area contributed by atoms with Gasteiger partial charge < -0.3 is 14.2 Å². The fourth-order valence-corrected chi connectivity index (χ4v) is 3.26. The Morgan fingerprint density at radius 1 is 1.08 bits per heavy atom. The molecule has 0 radical (unpaired) electrons. The molecule has 0 fully saturated rings. The summed E-state index contributed by atoms with van der Waals surface area (Å²) in [7, 11) is 4.98. The third kappa shape index (κ3) is 3.75. The molecule has 0 saturated heterocycles. The monoisotopic (exact) mass is 357 g/mol. The predicted octanol–water partition coefficient (Wildman–Crippen LogP) is 3.18. The maximum atomic E-state index is 5.57. The van der Waals surface area contributed by atoms with Crippen LogP contribution in [0.4, 0.5) is 0 Å². The van der Waals surface area contributed by atoms with E-state index in [1.54, 1.807) is 21.3 Å². The average molecular weight is 357 g/mol. The summed E-state index contributed by atoms with van der Waals surface area (Å²) in [6.45, 7) is 6.76. The summed E-state index contributed by atoms with van der Waals surface area (Å²) in [6.07, 6.45) is 2.91. The summed E-state index contributed by atoms with van der Waals surface area (Å²) in [6, 6.07) is 3.79. The summed E-state index contributed by atoms with van der Waals surface area (Å²) in [5.74, 6) is 3.56. The van der Waals surface area contributed by atoms with Crippen LogP contribution in [-0.4, -0.2) is 42.7 Å². The number of rotatable bonds is 6. The molecule has 0 spiro atoms. The zero-order chi connectivity index (χ0) is 18.7. The van der Waals surface area contributed by atoms with E-state index in [1.807, 2.05) is 18.3 Å². The maximum Gasteiger partial charge on any atom is 0.131 e. The number of aromatic nitrogens is 2. The van der Waals surface area contributed by atoms with Crippen molar-refractivity contribution in [2.45, 2.75) is 39.3 Å². The second-order valence-corrected chi connectivity index (χ2v) is 6.83. The lowest BCUT2D eigenvalue weighted by atomic mass is 10.0. The van der Waals surface area contributed by atoms with Gasteiger partial charge in [-0.1, -0.05) is 13.8 Å². The highest BCUT2D eigenvalue weighted by Gasteiger charge is 2.22. The molecular weight excluding hydrogens is 330 g/mol. The first kappa shape index (κ1) is 18.5. The van der Waals surface area contributed by atoms with Crippen molar-refractivity contribution in [3.05, 3.63) is 41.0 Å². The van der Waals surface area contributed by atoms with Crippen molar-refractivity contribution in [1.82, 2.24) is 14.9 Å². The van der Waals surface area contributed by atoms with Gasteiger partial charge in [0, 0.05) is 61.6 Å². The minimum atomic E-state index is 0.353. The van der Waals surface area contributed by atoms with Crippen molar-refractivity contribution in [2.75, 3.05) is 27.9 Å². The Labute approximate surface area is 155 Å². The van der Waals surface area contributed by atoms with Crippen LogP contribution in [0.15, 0.2) is 18.3 Å². The van der Waals surface area contributed by atoms with Crippen molar-refractivity contribution in [2.24, 2.45) is 0 Å². The number of methoxy groups -OCH3 is 3. The van der Waals surface area contributed by atoms with E-state index in [2.05, 4.69) is 23.7 Å². The minimum Gasteiger partial charge on any atom is -0.496 e. The van der Waals surface area contributed by atoms with Gasteiger partial charge in [-0.15, -0.1) is 0 Å². The van der Waals surface area contributed by atoms with E-state index < -0.39 is 0 Å². The van der Waals surface area contributed by atoms with Gasteiger partial charge in [0.1, 0.15) is 23.1 Å². The molecule has 1 aliphatic rings. The van der Waals surface area contributed by atoms with Gasteiger partial charge >= 0.3 is 0 Å². The molecular formula is C20H27N3O3. The molecule has 0 bridgehead atoms. The lowest BCUT2D eigenvalue weighted by molar-refractivity contribution is 0.234. The lowest BCUT2D eigenvalue weighted by Gasteiger charge is -2.29. The average Bonchev–Trinajstić information content (AvgIpc) is 2.67. The number of nitrogens with zero attached hydrogens (tertiary/aromatic N) is 3. The Morgan fingerprint density at radius 3 is 2.35 bits per heavy atom. The minimum absolute atomic E-state index is 0.353. The first-order valence-electron chi connectivity index (χ1n) is 8.91. The summed E-state index contributed by atoms with van der Waals surface area (Å²) in [4.78, 5) is 11.6. The Bertz CT molecular complexity index is 752. The Balaban J connectivity index is 1.82. The molecule has 0 saturated carbocycles. The van der Waals surface area contributed by atoms with Gasteiger partial charge in [-0.05, 0) is 0 Å². The normalized spacial score (nSPS) is 14.2. The second-order valence-electron chi connectivity index (χ2n) is 6.83. The summed E-state index contributed by atoms with van der Waals surface area (Å²) < 4.78 is 16.5. The van der Waals surface area contributed by atoms with Gasteiger partial charge in [-0.2, -0.15) is 0 Å². The molecule has 3 rings (SSSR count). The summed E-state index contributed by atoms with van der Waals surface area (Å²) in [5, 5.41) is 0. The molecule has 0 N–H and O–H groups in total. The van der Waals surface area contributed by atoms with Crippen LogP contribution in [0.3, 0.4) is 0 Å². The standard InChI is InChI=1S/C20H27N3O3/c1-13(2)20-21-10-14-11-23(7-6-17(14)22-20)12-16-18(25-4)8-15(24-3)9-19(16)26-5/h8-10,13H,6-7,11-12H2,1-5H3. The summed E-state index contributed by atoms with van der Waals surface area (Å²) in [5.41, 5.74) is 3.40. The first-order valence-corrected chi connectivity index (χ1v) is 8.91. The smallest absolute Gasteiger partial charge is 0.131 e. The van der Waals surface area contributed by atoms with Gasteiger partial charge in [-0.3, -0.25) is 4.90 Å². The molecule has 0 atom stereocenters.